The van der Waals surface area contributed by atoms with Crippen molar-refractivity contribution < 1.29 is 4.74 Å². The zero-order valence-electron chi connectivity index (χ0n) is 9.19. The summed E-state index contributed by atoms with van der Waals surface area (Å²) >= 11 is 0. The number of allylic oxidation sites excluding steroid dienone is 1. The molecule has 0 aliphatic rings. The normalized spacial score (nSPS) is 10.7. The molecule has 0 aromatic heterocycles. The van der Waals surface area contributed by atoms with E-state index in [4.69, 9.17) is 10.00 Å². The summed E-state index contributed by atoms with van der Waals surface area (Å²) in [5, 5.41) is 8.87. The van der Waals surface area contributed by atoms with Crippen LogP contribution in [0.2, 0.25) is 0 Å². The number of hydrogen-bond acceptors (Lipinski definition) is 3. The Balaban J connectivity index is 2.93. The second-order valence-electron chi connectivity index (χ2n) is 3.31. The first-order valence-corrected chi connectivity index (χ1v) is 4.60. The highest BCUT2D eigenvalue weighted by atomic mass is 16.5. The summed E-state index contributed by atoms with van der Waals surface area (Å²) in [6, 6.07) is 9.71. The average Bonchev–Trinajstić information content (AvgIpc) is 2.26. The third-order valence-corrected chi connectivity index (χ3v) is 2.02. The number of nitriles is 1. The highest BCUT2D eigenvalue weighted by Crippen LogP contribution is 2.14. The highest BCUT2D eigenvalue weighted by Gasteiger charge is 1.98. The van der Waals surface area contributed by atoms with Crippen LogP contribution in [0.15, 0.2) is 30.0 Å². The first kappa shape index (κ1) is 11.1. The van der Waals surface area contributed by atoms with Crippen molar-refractivity contribution in [2.75, 3.05) is 21.2 Å². The van der Waals surface area contributed by atoms with Crippen LogP contribution >= 0.6 is 0 Å². The van der Waals surface area contributed by atoms with Crippen LogP contribution in [-0.4, -0.2) is 26.1 Å². The number of rotatable bonds is 3. The zero-order chi connectivity index (χ0) is 11.3. The van der Waals surface area contributed by atoms with Crippen LogP contribution in [0.5, 0.6) is 5.75 Å². The molecular formula is C12H14N2O. The Bertz CT molecular complexity index is 385. The van der Waals surface area contributed by atoms with Gasteiger partial charge in [-0.3, -0.25) is 0 Å². The fraction of sp³-hybridized carbons (Fsp3) is 0.250. The van der Waals surface area contributed by atoms with E-state index >= 15 is 0 Å². The van der Waals surface area contributed by atoms with Crippen molar-refractivity contribution in [2.45, 2.75) is 0 Å². The Morgan fingerprint density at radius 1 is 1.33 bits per heavy atom. The Morgan fingerprint density at radius 2 is 1.93 bits per heavy atom. The maximum Gasteiger partial charge on any atom is 0.118 e. The number of hydrogen-bond donors (Lipinski definition) is 0. The van der Waals surface area contributed by atoms with E-state index in [2.05, 4.69) is 6.07 Å². The molecule has 0 saturated heterocycles. The van der Waals surface area contributed by atoms with E-state index in [-0.39, 0.29) is 0 Å². The van der Waals surface area contributed by atoms with Crippen molar-refractivity contribution >= 4 is 6.08 Å². The van der Waals surface area contributed by atoms with Gasteiger partial charge in [0.25, 0.3) is 0 Å². The van der Waals surface area contributed by atoms with Gasteiger partial charge in [-0.05, 0) is 23.8 Å². The largest absolute Gasteiger partial charge is 0.497 e. The first-order valence-electron chi connectivity index (χ1n) is 4.60. The number of nitrogens with zero attached hydrogens (tertiary/aromatic N) is 2. The lowest BCUT2D eigenvalue weighted by molar-refractivity contribution is 0.415. The van der Waals surface area contributed by atoms with Gasteiger partial charge in [0.1, 0.15) is 17.5 Å². The van der Waals surface area contributed by atoms with E-state index in [9.17, 15) is 0 Å². The predicted octanol–water partition coefficient (Wildman–Crippen LogP) is 2.12. The van der Waals surface area contributed by atoms with Crippen molar-refractivity contribution in [1.29, 1.82) is 5.26 Å². The second-order valence-corrected chi connectivity index (χ2v) is 3.31. The maximum absolute atomic E-state index is 8.87. The van der Waals surface area contributed by atoms with Gasteiger partial charge in [-0.2, -0.15) is 5.26 Å². The van der Waals surface area contributed by atoms with E-state index in [1.165, 1.54) is 0 Å². The minimum absolute atomic E-state index is 0.625. The van der Waals surface area contributed by atoms with E-state index in [0.717, 1.165) is 11.3 Å². The molecule has 0 atom stereocenters. The lowest BCUT2D eigenvalue weighted by atomic mass is 10.2. The molecule has 0 bridgehead atoms. The Hall–Kier alpha value is -1.95. The van der Waals surface area contributed by atoms with Gasteiger partial charge in [-0.25, -0.2) is 0 Å². The van der Waals surface area contributed by atoms with E-state index < -0.39 is 0 Å². The van der Waals surface area contributed by atoms with E-state index in [1.54, 1.807) is 12.0 Å². The second kappa shape index (κ2) is 5.06. The molecule has 0 unspecified atom stereocenters. The van der Waals surface area contributed by atoms with Crippen LogP contribution in [0, 0.1) is 11.3 Å². The zero-order valence-corrected chi connectivity index (χ0v) is 9.19. The summed E-state index contributed by atoms with van der Waals surface area (Å²) in [5.74, 6) is 0.815. The SMILES string of the molecule is COc1ccc(/C=C(\C#N)N(C)C)cc1. The molecule has 0 spiro atoms. The topological polar surface area (TPSA) is 36.3 Å². The third-order valence-electron chi connectivity index (χ3n) is 2.02. The molecule has 1 aromatic rings. The lowest BCUT2D eigenvalue weighted by Gasteiger charge is -2.09. The predicted molar refractivity (Wildman–Crippen MR) is 60.3 cm³/mol. The Morgan fingerprint density at radius 3 is 2.33 bits per heavy atom. The van der Waals surface area contributed by atoms with Crippen LogP contribution in [0.4, 0.5) is 0 Å². The van der Waals surface area contributed by atoms with Crippen LogP contribution in [0.25, 0.3) is 6.08 Å². The first-order chi connectivity index (χ1) is 7.17. The molecule has 0 aliphatic heterocycles. The van der Waals surface area contributed by atoms with Gasteiger partial charge in [0, 0.05) is 14.1 Å². The molecule has 3 nitrogen and oxygen atoms in total. The van der Waals surface area contributed by atoms with Crippen molar-refractivity contribution in [3.05, 3.63) is 35.5 Å². The van der Waals surface area contributed by atoms with Gasteiger partial charge in [-0.15, -0.1) is 0 Å². The quantitative estimate of drug-likeness (QED) is 0.704. The molecule has 0 aliphatic carbocycles. The Kier molecular flexibility index (Phi) is 3.75. The summed E-state index contributed by atoms with van der Waals surface area (Å²) in [6.07, 6.45) is 1.83. The van der Waals surface area contributed by atoms with Gasteiger partial charge in [0.05, 0.1) is 7.11 Å². The fourth-order valence-electron chi connectivity index (χ4n) is 1.12. The Labute approximate surface area is 90.2 Å². The van der Waals surface area contributed by atoms with Crippen LogP contribution in [-0.2, 0) is 0 Å². The lowest BCUT2D eigenvalue weighted by Crippen LogP contribution is -2.08. The van der Waals surface area contributed by atoms with Crippen LogP contribution < -0.4 is 4.74 Å². The molecule has 1 rings (SSSR count). The average molecular weight is 202 g/mol. The molecule has 0 N–H and O–H groups in total. The van der Waals surface area contributed by atoms with Gasteiger partial charge < -0.3 is 9.64 Å². The third kappa shape index (κ3) is 3.03. The minimum atomic E-state index is 0.625. The van der Waals surface area contributed by atoms with Gasteiger partial charge in [0.15, 0.2) is 0 Å². The minimum Gasteiger partial charge on any atom is -0.497 e. The number of methoxy groups -OCH3 is 1. The monoisotopic (exact) mass is 202 g/mol. The molecule has 15 heavy (non-hydrogen) atoms. The molecule has 0 radical (unpaired) electrons. The molecule has 0 saturated carbocycles. The highest BCUT2D eigenvalue weighted by molar-refractivity contribution is 5.56. The van der Waals surface area contributed by atoms with Crippen molar-refractivity contribution in [3.63, 3.8) is 0 Å². The molecule has 0 heterocycles. The van der Waals surface area contributed by atoms with Gasteiger partial charge >= 0.3 is 0 Å². The van der Waals surface area contributed by atoms with Gasteiger partial charge in [0.2, 0.25) is 0 Å². The molecule has 3 heteroatoms. The van der Waals surface area contributed by atoms with Crippen molar-refractivity contribution in [2.24, 2.45) is 0 Å². The fourth-order valence-corrected chi connectivity index (χ4v) is 1.12. The van der Waals surface area contributed by atoms with E-state index in [1.807, 2.05) is 44.4 Å². The van der Waals surface area contributed by atoms with Crippen LogP contribution in [0.3, 0.4) is 0 Å². The smallest absolute Gasteiger partial charge is 0.118 e. The molecular weight excluding hydrogens is 188 g/mol. The maximum atomic E-state index is 8.87. The number of ether oxygens (including phenoxy) is 1. The molecule has 0 amide bonds. The van der Waals surface area contributed by atoms with E-state index in [0.29, 0.717) is 5.70 Å². The summed E-state index contributed by atoms with van der Waals surface area (Å²) < 4.78 is 5.05. The van der Waals surface area contributed by atoms with Gasteiger partial charge in [-0.1, -0.05) is 12.1 Å². The van der Waals surface area contributed by atoms with Crippen molar-refractivity contribution in [1.82, 2.24) is 4.90 Å². The standard InChI is InChI=1S/C12H14N2O/c1-14(2)11(9-13)8-10-4-6-12(15-3)7-5-10/h4-8H,1-3H3/b11-8+. The molecule has 1 aromatic carbocycles. The molecule has 0 fully saturated rings. The summed E-state index contributed by atoms with van der Waals surface area (Å²) in [6.45, 7) is 0. The number of benzene rings is 1. The van der Waals surface area contributed by atoms with Crippen molar-refractivity contribution in [3.8, 4) is 11.8 Å². The summed E-state index contributed by atoms with van der Waals surface area (Å²) in [5.41, 5.74) is 1.61. The summed E-state index contributed by atoms with van der Waals surface area (Å²) in [4.78, 5) is 1.78. The summed E-state index contributed by atoms with van der Waals surface area (Å²) in [7, 11) is 5.32. The van der Waals surface area contributed by atoms with Crippen LogP contribution in [0.1, 0.15) is 5.56 Å². The molecule has 78 valence electrons.